The fraction of sp³-hybridized carbons (Fsp3) is 0.412. The number of unbranched alkanes of at least 4 members (excludes halogenated alkanes) is 1. The summed E-state index contributed by atoms with van der Waals surface area (Å²) in [6, 6.07) is 5.02. The van der Waals surface area contributed by atoms with Gasteiger partial charge in [0.05, 0.1) is 17.3 Å². The Bertz CT molecular complexity index is 521. The maximum Gasteiger partial charge on any atom is 0.335 e. The van der Waals surface area contributed by atoms with Gasteiger partial charge < -0.3 is 20.0 Å². The van der Waals surface area contributed by atoms with Gasteiger partial charge >= 0.3 is 11.9 Å². The van der Waals surface area contributed by atoms with E-state index in [2.05, 4.69) is 43.1 Å². The van der Waals surface area contributed by atoms with E-state index in [0.29, 0.717) is 6.17 Å². The minimum absolute atomic E-state index is 0.0833. The Balaban J connectivity index is 0.000000231. The Morgan fingerprint density at radius 3 is 1.83 bits per heavy atom. The lowest BCUT2D eigenvalue weighted by Crippen LogP contribution is -2.33. The Hall–Kier alpha value is -2.50. The van der Waals surface area contributed by atoms with Crippen molar-refractivity contribution in [1.82, 2.24) is 9.80 Å². The van der Waals surface area contributed by atoms with E-state index in [0.717, 1.165) is 0 Å². The molecule has 0 fully saturated rings. The predicted molar refractivity (Wildman–Crippen MR) is 88.3 cm³/mol. The van der Waals surface area contributed by atoms with Crippen molar-refractivity contribution >= 4 is 11.9 Å². The Morgan fingerprint density at radius 2 is 1.52 bits per heavy atom. The fourth-order valence-corrected chi connectivity index (χ4v) is 2.03. The molecule has 0 radical (unpaired) electrons. The first-order chi connectivity index (χ1) is 10.9. The molecular weight excluding hydrogens is 296 g/mol. The largest absolute Gasteiger partial charge is 0.478 e. The van der Waals surface area contributed by atoms with Crippen LogP contribution in [0, 0.1) is 0 Å². The lowest BCUT2D eigenvalue weighted by atomic mass is 10.1. The molecule has 0 bridgehead atoms. The van der Waals surface area contributed by atoms with Gasteiger partial charge in [-0.25, -0.2) is 9.59 Å². The van der Waals surface area contributed by atoms with Crippen molar-refractivity contribution < 1.29 is 19.8 Å². The number of carboxylic acids is 2. The third-order valence-corrected chi connectivity index (χ3v) is 3.71. The van der Waals surface area contributed by atoms with Crippen LogP contribution in [0.3, 0.4) is 0 Å². The van der Waals surface area contributed by atoms with Crippen LogP contribution in [0.15, 0.2) is 36.7 Å². The molecule has 1 aromatic rings. The van der Waals surface area contributed by atoms with Gasteiger partial charge in [0, 0.05) is 26.0 Å². The second-order valence-corrected chi connectivity index (χ2v) is 5.37. The molecule has 23 heavy (non-hydrogen) atoms. The highest BCUT2D eigenvalue weighted by Gasteiger charge is 2.16. The SMILES string of the molecule is CCCCN1C=CN(C)C1C.O=C(O)c1ccc(C(=O)O)cc1. The average Bonchev–Trinajstić information content (AvgIpc) is 2.85. The molecule has 0 spiro atoms. The maximum atomic E-state index is 10.3. The number of hydrogen-bond donors (Lipinski definition) is 2. The summed E-state index contributed by atoms with van der Waals surface area (Å²) in [6.45, 7) is 5.66. The van der Waals surface area contributed by atoms with E-state index in [9.17, 15) is 9.59 Å². The number of hydrogen-bond acceptors (Lipinski definition) is 4. The average molecular weight is 320 g/mol. The second-order valence-electron chi connectivity index (χ2n) is 5.37. The monoisotopic (exact) mass is 320 g/mol. The topological polar surface area (TPSA) is 81.1 Å². The van der Waals surface area contributed by atoms with Gasteiger partial charge in [0.25, 0.3) is 0 Å². The normalized spacial score (nSPS) is 16.0. The number of carboxylic acid groups (broad SMARTS) is 2. The van der Waals surface area contributed by atoms with Gasteiger partial charge in [-0.15, -0.1) is 0 Å². The van der Waals surface area contributed by atoms with Crippen molar-refractivity contribution in [2.75, 3.05) is 13.6 Å². The van der Waals surface area contributed by atoms with E-state index in [-0.39, 0.29) is 11.1 Å². The Kier molecular flexibility index (Phi) is 7.12. The highest BCUT2D eigenvalue weighted by Crippen LogP contribution is 2.13. The number of nitrogens with zero attached hydrogens (tertiary/aromatic N) is 2. The van der Waals surface area contributed by atoms with Crippen molar-refractivity contribution in [1.29, 1.82) is 0 Å². The third kappa shape index (κ3) is 5.65. The molecule has 1 aromatic carbocycles. The summed E-state index contributed by atoms with van der Waals surface area (Å²) in [7, 11) is 2.12. The summed E-state index contributed by atoms with van der Waals surface area (Å²) >= 11 is 0. The molecule has 0 saturated carbocycles. The van der Waals surface area contributed by atoms with Gasteiger partial charge in [-0.1, -0.05) is 13.3 Å². The molecule has 2 N–H and O–H groups in total. The van der Waals surface area contributed by atoms with Crippen LogP contribution in [0.2, 0.25) is 0 Å². The Labute approximate surface area is 136 Å². The molecule has 1 aliphatic rings. The van der Waals surface area contributed by atoms with Gasteiger partial charge in [-0.2, -0.15) is 0 Å². The molecule has 0 aromatic heterocycles. The smallest absolute Gasteiger partial charge is 0.335 e. The summed E-state index contributed by atoms with van der Waals surface area (Å²) in [5.74, 6) is -2.13. The number of benzene rings is 1. The quantitative estimate of drug-likeness (QED) is 0.868. The molecule has 1 aliphatic heterocycles. The first-order valence-electron chi connectivity index (χ1n) is 7.59. The number of aromatic carboxylic acids is 2. The molecule has 126 valence electrons. The van der Waals surface area contributed by atoms with Crippen LogP contribution in [0.5, 0.6) is 0 Å². The van der Waals surface area contributed by atoms with Crippen molar-refractivity contribution in [2.45, 2.75) is 32.9 Å². The van der Waals surface area contributed by atoms with Crippen LogP contribution in [0.1, 0.15) is 47.4 Å². The summed E-state index contributed by atoms with van der Waals surface area (Å²) in [5, 5.41) is 16.9. The van der Waals surface area contributed by atoms with Crippen molar-refractivity contribution in [3.8, 4) is 0 Å². The third-order valence-electron chi connectivity index (χ3n) is 3.71. The first-order valence-corrected chi connectivity index (χ1v) is 7.59. The first kappa shape index (κ1) is 18.5. The van der Waals surface area contributed by atoms with E-state index >= 15 is 0 Å². The van der Waals surface area contributed by atoms with E-state index < -0.39 is 11.9 Å². The number of rotatable bonds is 5. The zero-order valence-corrected chi connectivity index (χ0v) is 13.8. The maximum absolute atomic E-state index is 10.3. The molecule has 1 heterocycles. The van der Waals surface area contributed by atoms with Crippen molar-refractivity contribution in [2.24, 2.45) is 0 Å². The number of carbonyl (C=O) groups is 2. The molecule has 1 atom stereocenters. The molecular formula is C17H24N2O4. The van der Waals surface area contributed by atoms with Gasteiger partial charge in [-0.05, 0) is 37.6 Å². The standard InChI is InChI=1S/C9H18N2.C8H6O4/c1-4-5-6-11-8-7-10(3)9(11)2;9-7(10)5-1-2-6(4-3-5)8(11)12/h7-9H,4-6H2,1-3H3;1-4H,(H,9,10)(H,11,12). The van der Waals surface area contributed by atoms with E-state index in [1.54, 1.807) is 0 Å². The summed E-state index contributed by atoms with van der Waals surface area (Å²) in [5.41, 5.74) is 0.167. The van der Waals surface area contributed by atoms with Crippen molar-refractivity contribution in [3.63, 3.8) is 0 Å². The molecule has 0 saturated heterocycles. The Morgan fingerprint density at radius 1 is 1.04 bits per heavy atom. The minimum Gasteiger partial charge on any atom is -0.478 e. The van der Waals surface area contributed by atoms with Gasteiger partial charge in [0.2, 0.25) is 0 Å². The van der Waals surface area contributed by atoms with Crippen molar-refractivity contribution in [3.05, 3.63) is 47.8 Å². The van der Waals surface area contributed by atoms with E-state index in [4.69, 9.17) is 10.2 Å². The molecule has 6 nitrogen and oxygen atoms in total. The lowest BCUT2D eigenvalue weighted by molar-refractivity contribution is 0.0681. The molecule has 0 amide bonds. The van der Waals surface area contributed by atoms with Crippen LogP contribution in [-0.2, 0) is 0 Å². The highest BCUT2D eigenvalue weighted by molar-refractivity contribution is 5.91. The second kappa shape index (κ2) is 8.82. The predicted octanol–water partition coefficient (Wildman–Crippen LogP) is 2.93. The van der Waals surface area contributed by atoms with Crippen LogP contribution < -0.4 is 0 Å². The zero-order chi connectivity index (χ0) is 17.4. The lowest BCUT2D eigenvalue weighted by Gasteiger charge is -2.26. The molecule has 1 unspecified atom stereocenters. The van der Waals surface area contributed by atoms with E-state index in [1.807, 2.05) is 0 Å². The van der Waals surface area contributed by atoms with Gasteiger partial charge in [0.1, 0.15) is 0 Å². The van der Waals surface area contributed by atoms with Crippen LogP contribution >= 0.6 is 0 Å². The van der Waals surface area contributed by atoms with Gasteiger partial charge in [0.15, 0.2) is 0 Å². The van der Waals surface area contributed by atoms with Crippen LogP contribution in [0.4, 0.5) is 0 Å². The van der Waals surface area contributed by atoms with Crippen LogP contribution in [-0.4, -0.2) is 51.7 Å². The summed E-state index contributed by atoms with van der Waals surface area (Å²) in [6.07, 6.45) is 7.45. The minimum atomic E-state index is -1.06. The highest BCUT2D eigenvalue weighted by atomic mass is 16.4. The van der Waals surface area contributed by atoms with Gasteiger partial charge in [-0.3, -0.25) is 0 Å². The zero-order valence-electron chi connectivity index (χ0n) is 13.8. The summed E-state index contributed by atoms with van der Waals surface area (Å²) in [4.78, 5) is 25.3. The van der Waals surface area contributed by atoms with E-state index in [1.165, 1.54) is 43.7 Å². The summed E-state index contributed by atoms with van der Waals surface area (Å²) < 4.78 is 0. The molecule has 2 rings (SSSR count). The molecule has 6 heteroatoms. The fourth-order valence-electron chi connectivity index (χ4n) is 2.03. The molecule has 0 aliphatic carbocycles. The van der Waals surface area contributed by atoms with Crippen LogP contribution in [0.25, 0.3) is 0 Å².